The van der Waals surface area contributed by atoms with Crippen molar-refractivity contribution >= 4 is 21.8 Å². The van der Waals surface area contributed by atoms with Crippen LogP contribution < -0.4 is 0 Å². The van der Waals surface area contributed by atoms with Gasteiger partial charge in [0.15, 0.2) is 0 Å². The monoisotopic (exact) mass is 297 g/mol. The zero-order valence-corrected chi connectivity index (χ0v) is 12.5. The molecule has 0 aliphatic heterocycles. The highest BCUT2D eigenvalue weighted by molar-refractivity contribution is 9.08. The maximum atomic E-state index is 12.1. The van der Waals surface area contributed by atoms with Gasteiger partial charge in [0.2, 0.25) is 0 Å². The van der Waals surface area contributed by atoms with Crippen LogP contribution in [0.3, 0.4) is 0 Å². The number of carbonyl (C=O) groups is 1. The van der Waals surface area contributed by atoms with E-state index in [0.29, 0.717) is 0 Å². The third kappa shape index (κ3) is 4.50. The fourth-order valence-electron chi connectivity index (χ4n) is 1.74. The van der Waals surface area contributed by atoms with Gasteiger partial charge in [-0.15, -0.1) is 0 Å². The Balaban J connectivity index is 2.75. The van der Waals surface area contributed by atoms with Crippen molar-refractivity contribution in [2.75, 3.05) is 13.6 Å². The molecule has 0 saturated carbocycles. The summed E-state index contributed by atoms with van der Waals surface area (Å²) in [5.74, 6) is 0.0843. The van der Waals surface area contributed by atoms with Crippen molar-refractivity contribution in [3.05, 3.63) is 35.4 Å². The molecule has 0 spiro atoms. The molecule has 3 heteroatoms. The first kappa shape index (κ1) is 14.2. The zero-order chi connectivity index (χ0) is 13.1. The molecule has 0 saturated heterocycles. The minimum Gasteiger partial charge on any atom is -0.341 e. The molecule has 0 radical (unpaired) electrons. The number of hydrogen-bond donors (Lipinski definition) is 0. The average Bonchev–Trinajstić information content (AvgIpc) is 2.26. The van der Waals surface area contributed by atoms with Gasteiger partial charge in [-0.2, -0.15) is 0 Å². The molecule has 0 N–H and O–H groups in total. The van der Waals surface area contributed by atoms with Gasteiger partial charge in [0.05, 0.1) is 0 Å². The Morgan fingerprint density at radius 3 is 2.18 bits per heavy atom. The number of amides is 1. The Bertz CT molecular complexity index is 378. The highest BCUT2D eigenvalue weighted by Gasteiger charge is 2.18. The molecular weight excluding hydrogens is 278 g/mol. The first-order valence-corrected chi connectivity index (χ1v) is 6.86. The van der Waals surface area contributed by atoms with Crippen molar-refractivity contribution in [1.29, 1.82) is 0 Å². The first-order chi connectivity index (χ1) is 7.83. The summed E-state index contributed by atoms with van der Waals surface area (Å²) in [6, 6.07) is 7.73. The molecule has 1 amide bonds. The van der Waals surface area contributed by atoms with E-state index in [4.69, 9.17) is 0 Å². The Kier molecular flexibility index (Phi) is 4.75. The van der Waals surface area contributed by atoms with Crippen LogP contribution in [0.15, 0.2) is 24.3 Å². The van der Waals surface area contributed by atoms with Crippen molar-refractivity contribution in [3.63, 3.8) is 0 Å². The summed E-state index contributed by atoms with van der Waals surface area (Å²) in [4.78, 5) is 13.9. The lowest BCUT2D eigenvalue weighted by molar-refractivity contribution is 0.0745. The predicted molar refractivity (Wildman–Crippen MR) is 75.5 cm³/mol. The fraction of sp³-hybridized carbons (Fsp3) is 0.500. The number of hydrogen-bond acceptors (Lipinski definition) is 1. The van der Waals surface area contributed by atoms with E-state index in [1.807, 2.05) is 31.3 Å². The third-order valence-corrected chi connectivity index (χ3v) is 3.06. The van der Waals surface area contributed by atoms with Crippen molar-refractivity contribution < 1.29 is 4.79 Å². The van der Waals surface area contributed by atoms with Crippen LogP contribution in [0.2, 0.25) is 0 Å². The van der Waals surface area contributed by atoms with E-state index in [9.17, 15) is 4.79 Å². The maximum Gasteiger partial charge on any atom is 0.253 e. The lowest BCUT2D eigenvalue weighted by Crippen LogP contribution is -2.34. The van der Waals surface area contributed by atoms with Gasteiger partial charge < -0.3 is 4.90 Å². The van der Waals surface area contributed by atoms with Gasteiger partial charge in [0.25, 0.3) is 5.91 Å². The van der Waals surface area contributed by atoms with E-state index in [-0.39, 0.29) is 11.3 Å². The molecule has 0 fully saturated rings. The van der Waals surface area contributed by atoms with Gasteiger partial charge >= 0.3 is 0 Å². The first-order valence-electron chi connectivity index (χ1n) is 5.74. The van der Waals surface area contributed by atoms with Crippen molar-refractivity contribution in [2.24, 2.45) is 5.41 Å². The number of nitrogens with zero attached hydrogens (tertiary/aromatic N) is 1. The Morgan fingerprint density at radius 2 is 1.76 bits per heavy atom. The maximum absolute atomic E-state index is 12.1. The summed E-state index contributed by atoms with van der Waals surface area (Å²) in [7, 11) is 1.85. The van der Waals surface area contributed by atoms with Crippen molar-refractivity contribution in [2.45, 2.75) is 26.1 Å². The molecule has 2 nitrogen and oxygen atoms in total. The van der Waals surface area contributed by atoms with Crippen LogP contribution in [0.1, 0.15) is 36.7 Å². The fourth-order valence-corrected chi connectivity index (χ4v) is 2.11. The number of rotatable bonds is 3. The van der Waals surface area contributed by atoms with Crippen LogP contribution in [-0.4, -0.2) is 24.4 Å². The molecule has 1 rings (SSSR count). The van der Waals surface area contributed by atoms with E-state index in [2.05, 4.69) is 36.7 Å². The van der Waals surface area contributed by atoms with Crippen LogP contribution in [-0.2, 0) is 5.33 Å². The van der Waals surface area contributed by atoms with Crippen molar-refractivity contribution in [1.82, 2.24) is 4.90 Å². The van der Waals surface area contributed by atoms with E-state index >= 15 is 0 Å². The van der Waals surface area contributed by atoms with Gasteiger partial charge in [-0.1, -0.05) is 48.8 Å². The Labute approximate surface area is 112 Å². The van der Waals surface area contributed by atoms with Gasteiger partial charge in [-0.05, 0) is 23.1 Å². The average molecular weight is 298 g/mol. The normalized spacial score (nSPS) is 11.4. The van der Waals surface area contributed by atoms with E-state index in [1.54, 1.807) is 4.90 Å². The minimum atomic E-state index is 0.0843. The standard InChI is InChI=1S/C14H20BrNO/c1-14(2,3)10-16(4)13(17)12-7-5-11(9-15)6-8-12/h5-8H,9-10H2,1-4H3. The summed E-state index contributed by atoms with van der Waals surface area (Å²) in [5.41, 5.74) is 2.06. The summed E-state index contributed by atoms with van der Waals surface area (Å²) in [6.45, 7) is 7.15. The Hall–Kier alpha value is -0.830. The molecule has 1 aromatic rings. The summed E-state index contributed by atoms with van der Waals surface area (Å²) in [6.07, 6.45) is 0. The molecule has 1 aromatic carbocycles. The lowest BCUT2D eigenvalue weighted by atomic mass is 9.96. The summed E-state index contributed by atoms with van der Waals surface area (Å²) >= 11 is 3.39. The smallest absolute Gasteiger partial charge is 0.253 e. The SMILES string of the molecule is CN(CC(C)(C)C)C(=O)c1ccc(CBr)cc1. The van der Waals surface area contributed by atoms with Gasteiger partial charge in [0, 0.05) is 24.5 Å². The number of benzene rings is 1. The molecular formula is C14H20BrNO. The largest absolute Gasteiger partial charge is 0.341 e. The van der Waals surface area contributed by atoms with Gasteiger partial charge in [-0.25, -0.2) is 0 Å². The molecule has 94 valence electrons. The van der Waals surface area contributed by atoms with E-state index in [0.717, 1.165) is 17.4 Å². The topological polar surface area (TPSA) is 20.3 Å². The van der Waals surface area contributed by atoms with Crippen molar-refractivity contribution in [3.8, 4) is 0 Å². The van der Waals surface area contributed by atoms with Crippen LogP contribution in [0.25, 0.3) is 0 Å². The second-order valence-electron chi connectivity index (χ2n) is 5.55. The van der Waals surface area contributed by atoms with Gasteiger partial charge in [-0.3, -0.25) is 4.79 Å². The van der Waals surface area contributed by atoms with E-state index in [1.165, 1.54) is 5.56 Å². The quantitative estimate of drug-likeness (QED) is 0.779. The van der Waals surface area contributed by atoms with E-state index < -0.39 is 0 Å². The lowest BCUT2D eigenvalue weighted by Gasteiger charge is -2.26. The number of halogens is 1. The minimum absolute atomic E-state index is 0.0843. The summed E-state index contributed by atoms with van der Waals surface area (Å²) in [5, 5.41) is 0.819. The molecule has 0 unspecified atom stereocenters. The predicted octanol–water partition coefficient (Wildman–Crippen LogP) is 3.70. The van der Waals surface area contributed by atoms with Gasteiger partial charge in [0.1, 0.15) is 0 Å². The summed E-state index contributed by atoms with van der Waals surface area (Å²) < 4.78 is 0. The zero-order valence-electron chi connectivity index (χ0n) is 11.0. The van der Waals surface area contributed by atoms with Crippen LogP contribution in [0.4, 0.5) is 0 Å². The molecule has 0 bridgehead atoms. The highest BCUT2D eigenvalue weighted by atomic mass is 79.9. The second kappa shape index (κ2) is 5.67. The second-order valence-corrected chi connectivity index (χ2v) is 6.11. The molecule has 0 aromatic heterocycles. The highest BCUT2D eigenvalue weighted by Crippen LogP contribution is 2.16. The molecule has 0 heterocycles. The molecule has 0 atom stereocenters. The van der Waals surface area contributed by atoms with Crippen LogP contribution in [0, 0.1) is 5.41 Å². The van der Waals surface area contributed by atoms with Crippen LogP contribution >= 0.6 is 15.9 Å². The number of alkyl halides is 1. The Morgan fingerprint density at radius 1 is 1.24 bits per heavy atom. The molecule has 17 heavy (non-hydrogen) atoms. The molecule has 0 aliphatic rings. The van der Waals surface area contributed by atoms with Crippen LogP contribution in [0.5, 0.6) is 0 Å². The molecule has 0 aliphatic carbocycles. The number of carbonyl (C=O) groups excluding carboxylic acids is 1. The third-order valence-electron chi connectivity index (χ3n) is 2.41.